The standard InChI is InChI=1S/C20H16O2.C4H5NO3/c1-2-15(20(21)22)16-10-8-14-7-6-12-4-3-5-13-9-11-17(16)19(14)18(12)13;6-3-1-2-4(7)5(3)8/h3-11,15H,2H2,1H3,(H,21,22);8H,1-2H2. The summed E-state index contributed by atoms with van der Waals surface area (Å²) in [6, 6.07) is 18.7. The molecule has 0 bridgehead atoms. The van der Waals surface area contributed by atoms with E-state index in [-0.39, 0.29) is 17.9 Å². The zero-order chi connectivity index (χ0) is 21.4. The van der Waals surface area contributed by atoms with Crippen LogP contribution in [0.1, 0.15) is 37.7 Å². The molecule has 1 saturated heterocycles. The van der Waals surface area contributed by atoms with E-state index in [0.29, 0.717) is 6.42 Å². The average molecular weight is 403 g/mol. The Morgan fingerprint density at radius 1 is 0.900 bits per heavy atom. The highest BCUT2D eigenvalue weighted by Gasteiger charge is 2.26. The van der Waals surface area contributed by atoms with E-state index in [1.54, 1.807) is 0 Å². The number of benzene rings is 4. The fourth-order valence-corrected chi connectivity index (χ4v) is 4.15. The summed E-state index contributed by atoms with van der Waals surface area (Å²) in [5.74, 6) is -2.22. The summed E-state index contributed by atoms with van der Waals surface area (Å²) in [5.41, 5.74) is 0.917. The van der Waals surface area contributed by atoms with Gasteiger partial charge in [0.25, 0.3) is 11.8 Å². The molecule has 30 heavy (non-hydrogen) atoms. The Bertz CT molecular complexity index is 1250. The summed E-state index contributed by atoms with van der Waals surface area (Å²) in [4.78, 5) is 32.1. The summed E-state index contributed by atoms with van der Waals surface area (Å²) >= 11 is 0. The molecule has 152 valence electrons. The van der Waals surface area contributed by atoms with E-state index in [4.69, 9.17) is 5.21 Å². The molecule has 6 heteroatoms. The predicted molar refractivity (Wildman–Crippen MR) is 114 cm³/mol. The van der Waals surface area contributed by atoms with Crippen LogP contribution < -0.4 is 0 Å². The van der Waals surface area contributed by atoms with Crippen LogP contribution in [0.5, 0.6) is 0 Å². The van der Waals surface area contributed by atoms with Gasteiger partial charge < -0.3 is 5.11 Å². The molecule has 1 aliphatic rings. The molecular weight excluding hydrogens is 382 g/mol. The van der Waals surface area contributed by atoms with Gasteiger partial charge in [-0.05, 0) is 44.3 Å². The van der Waals surface area contributed by atoms with Crippen LogP contribution in [-0.4, -0.2) is 33.2 Å². The first-order valence-electron chi connectivity index (χ1n) is 9.86. The van der Waals surface area contributed by atoms with Gasteiger partial charge in [0, 0.05) is 12.8 Å². The summed E-state index contributed by atoms with van der Waals surface area (Å²) < 4.78 is 0. The zero-order valence-electron chi connectivity index (χ0n) is 16.5. The first kappa shape index (κ1) is 19.8. The van der Waals surface area contributed by atoms with Crippen LogP contribution in [0.2, 0.25) is 0 Å². The third kappa shape index (κ3) is 3.25. The molecule has 0 radical (unpaired) electrons. The van der Waals surface area contributed by atoms with Crippen molar-refractivity contribution in [1.29, 1.82) is 0 Å². The summed E-state index contributed by atoms with van der Waals surface area (Å²) in [6.07, 6.45) is 0.893. The lowest BCUT2D eigenvalue weighted by Crippen LogP contribution is -2.24. The monoisotopic (exact) mass is 403 g/mol. The van der Waals surface area contributed by atoms with Crippen molar-refractivity contribution >= 4 is 50.1 Å². The molecule has 0 spiro atoms. The first-order chi connectivity index (χ1) is 14.4. The zero-order valence-corrected chi connectivity index (χ0v) is 16.5. The average Bonchev–Trinajstić information content (AvgIpc) is 3.04. The summed E-state index contributed by atoms with van der Waals surface area (Å²) in [7, 11) is 0. The minimum absolute atomic E-state index is 0.148. The highest BCUT2D eigenvalue weighted by molar-refractivity contribution is 6.23. The highest BCUT2D eigenvalue weighted by Crippen LogP contribution is 2.38. The number of amides is 2. The third-order valence-corrected chi connectivity index (χ3v) is 5.67. The lowest BCUT2D eigenvalue weighted by Gasteiger charge is -2.17. The van der Waals surface area contributed by atoms with Crippen molar-refractivity contribution in [3.63, 3.8) is 0 Å². The number of hydrogen-bond donors (Lipinski definition) is 2. The Morgan fingerprint density at radius 2 is 1.43 bits per heavy atom. The topological polar surface area (TPSA) is 94.9 Å². The maximum Gasteiger partial charge on any atom is 0.310 e. The summed E-state index contributed by atoms with van der Waals surface area (Å²) in [5, 5.41) is 25.2. The van der Waals surface area contributed by atoms with Gasteiger partial charge in [-0.2, -0.15) is 5.06 Å². The van der Waals surface area contributed by atoms with Crippen LogP contribution >= 0.6 is 0 Å². The predicted octanol–water partition coefficient (Wildman–Crippen LogP) is 4.69. The van der Waals surface area contributed by atoms with Gasteiger partial charge in [-0.3, -0.25) is 19.6 Å². The van der Waals surface area contributed by atoms with Crippen LogP contribution in [0.4, 0.5) is 0 Å². The maximum atomic E-state index is 11.6. The molecule has 6 nitrogen and oxygen atoms in total. The van der Waals surface area contributed by atoms with Gasteiger partial charge in [-0.15, -0.1) is 0 Å². The van der Waals surface area contributed by atoms with E-state index in [9.17, 15) is 19.5 Å². The number of rotatable bonds is 3. The SMILES string of the molecule is CCC(C(=O)O)c1ccc2ccc3cccc4ccc1c2c34.O=C1CCC(=O)N1O. The molecule has 2 amide bonds. The molecule has 4 aromatic rings. The van der Waals surface area contributed by atoms with Crippen molar-refractivity contribution in [3.05, 3.63) is 60.2 Å². The smallest absolute Gasteiger partial charge is 0.310 e. The van der Waals surface area contributed by atoms with Crippen LogP contribution in [0.15, 0.2) is 54.6 Å². The number of hydrogen-bond acceptors (Lipinski definition) is 4. The van der Waals surface area contributed by atoms with Gasteiger partial charge in [0.05, 0.1) is 5.92 Å². The second-order valence-corrected chi connectivity index (χ2v) is 7.41. The fourth-order valence-electron chi connectivity index (χ4n) is 4.15. The Balaban J connectivity index is 0.000000230. The van der Waals surface area contributed by atoms with Crippen molar-refractivity contribution in [1.82, 2.24) is 5.06 Å². The van der Waals surface area contributed by atoms with E-state index in [2.05, 4.69) is 48.5 Å². The second kappa shape index (κ2) is 7.72. The number of carboxylic acids is 1. The van der Waals surface area contributed by atoms with Crippen molar-refractivity contribution in [2.45, 2.75) is 32.1 Å². The fraction of sp³-hybridized carbons (Fsp3) is 0.208. The highest BCUT2D eigenvalue weighted by atomic mass is 16.5. The van der Waals surface area contributed by atoms with Crippen molar-refractivity contribution in [2.24, 2.45) is 0 Å². The van der Waals surface area contributed by atoms with Gasteiger partial charge in [0.15, 0.2) is 0 Å². The minimum Gasteiger partial charge on any atom is -0.481 e. The lowest BCUT2D eigenvalue weighted by atomic mass is 9.87. The normalized spacial score (nSPS) is 15.1. The maximum absolute atomic E-state index is 11.6. The van der Waals surface area contributed by atoms with Gasteiger partial charge >= 0.3 is 5.97 Å². The minimum atomic E-state index is -0.752. The molecule has 0 aromatic heterocycles. The molecule has 5 rings (SSSR count). The lowest BCUT2D eigenvalue weighted by molar-refractivity contribution is -0.171. The van der Waals surface area contributed by atoms with Crippen LogP contribution in [0.3, 0.4) is 0 Å². The molecule has 1 unspecified atom stereocenters. The Kier molecular flexibility index (Phi) is 5.10. The number of carboxylic acid groups (broad SMARTS) is 1. The quantitative estimate of drug-likeness (QED) is 0.294. The molecule has 1 atom stereocenters. The molecule has 0 saturated carbocycles. The molecule has 0 aliphatic carbocycles. The number of nitrogens with zero attached hydrogens (tertiary/aromatic N) is 1. The Hall–Kier alpha value is -3.51. The third-order valence-electron chi connectivity index (χ3n) is 5.67. The molecule has 2 N–H and O–H groups in total. The van der Waals surface area contributed by atoms with Gasteiger partial charge in [0.1, 0.15) is 0 Å². The summed E-state index contributed by atoms with van der Waals surface area (Å²) in [6.45, 7) is 1.93. The molecule has 1 aliphatic heterocycles. The number of hydroxylamine groups is 2. The van der Waals surface area contributed by atoms with E-state index in [0.717, 1.165) is 10.9 Å². The second-order valence-electron chi connectivity index (χ2n) is 7.41. The molecule has 1 fully saturated rings. The molecule has 1 heterocycles. The van der Waals surface area contributed by atoms with Gasteiger partial charge in [0.2, 0.25) is 0 Å². The van der Waals surface area contributed by atoms with E-state index < -0.39 is 23.7 Å². The van der Waals surface area contributed by atoms with Crippen LogP contribution in [-0.2, 0) is 14.4 Å². The Morgan fingerprint density at radius 3 is 1.93 bits per heavy atom. The van der Waals surface area contributed by atoms with Gasteiger partial charge in [-0.1, -0.05) is 61.5 Å². The molecule has 4 aromatic carbocycles. The first-order valence-corrected chi connectivity index (χ1v) is 9.86. The van der Waals surface area contributed by atoms with E-state index in [1.807, 2.05) is 13.0 Å². The van der Waals surface area contributed by atoms with Gasteiger partial charge in [-0.25, -0.2) is 0 Å². The number of aliphatic carboxylic acids is 1. The van der Waals surface area contributed by atoms with Crippen molar-refractivity contribution in [3.8, 4) is 0 Å². The van der Waals surface area contributed by atoms with E-state index in [1.165, 1.54) is 26.9 Å². The number of imide groups is 1. The van der Waals surface area contributed by atoms with Crippen LogP contribution in [0.25, 0.3) is 32.3 Å². The molecular formula is C24H21NO5. The Labute approximate surface area is 172 Å². The van der Waals surface area contributed by atoms with Crippen molar-refractivity contribution in [2.75, 3.05) is 0 Å². The van der Waals surface area contributed by atoms with E-state index >= 15 is 0 Å². The number of carbonyl (C=O) groups is 3. The number of carbonyl (C=O) groups excluding carboxylic acids is 2. The van der Waals surface area contributed by atoms with Crippen LogP contribution in [0, 0.1) is 0 Å². The largest absolute Gasteiger partial charge is 0.481 e. The van der Waals surface area contributed by atoms with Crippen molar-refractivity contribution < 1.29 is 24.7 Å².